The van der Waals surface area contributed by atoms with E-state index in [0.717, 1.165) is 41.7 Å². The van der Waals surface area contributed by atoms with Crippen LogP contribution in [0.15, 0.2) is 24.5 Å². The summed E-state index contributed by atoms with van der Waals surface area (Å²) in [4.78, 5) is 22.4. The zero-order valence-electron chi connectivity index (χ0n) is 11.5. The number of nitrogens with zero attached hydrogens (tertiary/aromatic N) is 3. The molecular weight excluding hydrogens is 252 g/mol. The van der Waals surface area contributed by atoms with E-state index in [4.69, 9.17) is 5.73 Å². The first-order valence-electron chi connectivity index (χ1n) is 6.91. The number of benzene rings is 1. The standard InChI is InChI=1S/C15H18N4O/c1-10-4-2-6-12-13(10)17-9-18-15(12)19-7-3-5-11(8-19)14(16)20/h2,4,6,9,11H,3,5,7-8H2,1H3,(H2,16,20). The number of amides is 1. The number of aryl methyl sites for hydroxylation is 1. The molecule has 104 valence electrons. The fraction of sp³-hybridized carbons (Fsp3) is 0.400. The summed E-state index contributed by atoms with van der Waals surface area (Å²) >= 11 is 0. The molecule has 0 saturated carbocycles. The van der Waals surface area contributed by atoms with Gasteiger partial charge in [-0.2, -0.15) is 0 Å². The third-order valence-corrected chi connectivity index (χ3v) is 3.97. The molecule has 3 rings (SSSR count). The maximum Gasteiger partial charge on any atom is 0.222 e. The number of hydrogen-bond donors (Lipinski definition) is 1. The molecule has 1 aromatic heterocycles. The number of fused-ring (bicyclic) bond motifs is 1. The number of para-hydroxylation sites is 1. The number of anilines is 1. The quantitative estimate of drug-likeness (QED) is 0.900. The second kappa shape index (κ2) is 5.07. The molecule has 2 aromatic rings. The molecule has 5 nitrogen and oxygen atoms in total. The van der Waals surface area contributed by atoms with Crippen molar-refractivity contribution in [3.8, 4) is 0 Å². The maximum absolute atomic E-state index is 11.4. The van der Waals surface area contributed by atoms with Crippen LogP contribution in [0.25, 0.3) is 10.9 Å². The number of carbonyl (C=O) groups is 1. The summed E-state index contributed by atoms with van der Waals surface area (Å²) in [7, 11) is 0. The summed E-state index contributed by atoms with van der Waals surface area (Å²) in [6, 6.07) is 6.09. The summed E-state index contributed by atoms with van der Waals surface area (Å²) in [5.74, 6) is 0.604. The highest BCUT2D eigenvalue weighted by molar-refractivity contribution is 5.91. The van der Waals surface area contributed by atoms with E-state index in [1.807, 2.05) is 25.1 Å². The van der Waals surface area contributed by atoms with Crippen LogP contribution in [0.2, 0.25) is 0 Å². The van der Waals surface area contributed by atoms with E-state index in [0.29, 0.717) is 6.54 Å². The van der Waals surface area contributed by atoms with Gasteiger partial charge in [-0.15, -0.1) is 0 Å². The Kier molecular flexibility index (Phi) is 3.26. The molecule has 5 heteroatoms. The Balaban J connectivity index is 2.02. The molecule has 1 unspecified atom stereocenters. The fourth-order valence-electron chi connectivity index (χ4n) is 2.88. The van der Waals surface area contributed by atoms with Gasteiger partial charge in [0.2, 0.25) is 5.91 Å². The second-order valence-electron chi connectivity index (χ2n) is 5.36. The van der Waals surface area contributed by atoms with Gasteiger partial charge in [-0.05, 0) is 31.4 Å². The van der Waals surface area contributed by atoms with Crippen LogP contribution in [0.5, 0.6) is 0 Å². The van der Waals surface area contributed by atoms with Gasteiger partial charge in [0.15, 0.2) is 0 Å². The Hall–Kier alpha value is -2.17. The predicted octanol–water partition coefficient (Wildman–Crippen LogP) is 1.64. The van der Waals surface area contributed by atoms with Crippen molar-refractivity contribution in [2.45, 2.75) is 19.8 Å². The van der Waals surface area contributed by atoms with Crippen molar-refractivity contribution >= 4 is 22.6 Å². The highest BCUT2D eigenvalue weighted by Gasteiger charge is 2.25. The third kappa shape index (κ3) is 2.19. The molecule has 1 saturated heterocycles. The van der Waals surface area contributed by atoms with E-state index in [2.05, 4.69) is 14.9 Å². The summed E-state index contributed by atoms with van der Waals surface area (Å²) in [5.41, 5.74) is 7.55. The van der Waals surface area contributed by atoms with Crippen LogP contribution in [-0.2, 0) is 4.79 Å². The summed E-state index contributed by atoms with van der Waals surface area (Å²) < 4.78 is 0. The molecule has 1 atom stereocenters. The first-order valence-corrected chi connectivity index (χ1v) is 6.91. The highest BCUT2D eigenvalue weighted by Crippen LogP contribution is 2.28. The molecule has 1 aliphatic heterocycles. The van der Waals surface area contributed by atoms with E-state index in [1.165, 1.54) is 0 Å². The summed E-state index contributed by atoms with van der Waals surface area (Å²) in [6.45, 7) is 3.60. The first-order chi connectivity index (χ1) is 9.66. The van der Waals surface area contributed by atoms with Crippen molar-refractivity contribution in [2.75, 3.05) is 18.0 Å². The predicted molar refractivity (Wildman–Crippen MR) is 78.4 cm³/mol. The molecule has 0 aliphatic carbocycles. The minimum absolute atomic E-state index is 0.0847. The number of piperidine rings is 1. The molecule has 2 heterocycles. The van der Waals surface area contributed by atoms with Crippen LogP contribution in [0.1, 0.15) is 18.4 Å². The zero-order valence-corrected chi connectivity index (χ0v) is 11.5. The van der Waals surface area contributed by atoms with Crippen molar-refractivity contribution < 1.29 is 4.79 Å². The van der Waals surface area contributed by atoms with Gasteiger partial charge in [0.05, 0.1) is 11.4 Å². The average molecular weight is 270 g/mol. The Morgan fingerprint density at radius 2 is 2.25 bits per heavy atom. The average Bonchev–Trinajstić information content (AvgIpc) is 2.47. The van der Waals surface area contributed by atoms with Crippen LogP contribution in [0.3, 0.4) is 0 Å². The smallest absolute Gasteiger partial charge is 0.222 e. The Morgan fingerprint density at radius 1 is 1.40 bits per heavy atom. The van der Waals surface area contributed by atoms with Crippen molar-refractivity contribution in [2.24, 2.45) is 11.7 Å². The third-order valence-electron chi connectivity index (χ3n) is 3.97. The molecule has 1 amide bonds. The molecule has 2 N–H and O–H groups in total. The minimum atomic E-state index is -0.218. The summed E-state index contributed by atoms with van der Waals surface area (Å²) in [6.07, 6.45) is 3.43. The van der Waals surface area contributed by atoms with Crippen molar-refractivity contribution in [1.82, 2.24) is 9.97 Å². The Morgan fingerprint density at radius 3 is 3.05 bits per heavy atom. The monoisotopic (exact) mass is 270 g/mol. The molecule has 0 radical (unpaired) electrons. The van der Waals surface area contributed by atoms with Gasteiger partial charge in [-0.1, -0.05) is 12.1 Å². The lowest BCUT2D eigenvalue weighted by molar-refractivity contribution is -0.122. The van der Waals surface area contributed by atoms with Gasteiger partial charge >= 0.3 is 0 Å². The lowest BCUT2D eigenvalue weighted by Gasteiger charge is -2.32. The van der Waals surface area contributed by atoms with E-state index in [9.17, 15) is 4.79 Å². The fourth-order valence-corrected chi connectivity index (χ4v) is 2.88. The second-order valence-corrected chi connectivity index (χ2v) is 5.36. The van der Waals surface area contributed by atoms with E-state index in [1.54, 1.807) is 6.33 Å². The Labute approximate surface area is 117 Å². The van der Waals surface area contributed by atoms with Crippen LogP contribution >= 0.6 is 0 Å². The van der Waals surface area contributed by atoms with Crippen LogP contribution < -0.4 is 10.6 Å². The molecule has 1 fully saturated rings. The van der Waals surface area contributed by atoms with Gasteiger partial charge in [0, 0.05) is 18.5 Å². The molecule has 1 aliphatic rings. The number of nitrogens with two attached hydrogens (primary N) is 1. The first kappa shape index (κ1) is 12.8. The highest BCUT2D eigenvalue weighted by atomic mass is 16.1. The van der Waals surface area contributed by atoms with Gasteiger partial charge in [-0.3, -0.25) is 4.79 Å². The molecule has 20 heavy (non-hydrogen) atoms. The van der Waals surface area contributed by atoms with E-state index >= 15 is 0 Å². The zero-order chi connectivity index (χ0) is 14.1. The van der Waals surface area contributed by atoms with Crippen LogP contribution in [0, 0.1) is 12.8 Å². The van der Waals surface area contributed by atoms with E-state index in [-0.39, 0.29) is 11.8 Å². The summed E-state index contributed by atoms with van der Waals surface area (Å²) in [5, 5.41) is 1.04. The lowest BCUT2D eigenvalue weighted by atomic mass is 9.97. The number of hydrogen-bond acceptors (Lipinski definition) is 4. The van der Waals surface area contributed by atoms with Crippen molar-refractivity contribution in [1.29, 1.82) is 0 Å². The number of aromatic nitrogens is 2. The normalized spacial score (nSPS) is 19.2. The minimum Gasteiger partial charge on any atom is -0.369 e. The van der Waals surface area contributed by atoms with Gasteiger partial charge < -0.3 is 10.6 Å². The molecule has 0 bridgehead atoms. The topological polar surface area (TPSA) is 72.1 Å². The van der Waals surface area contributed by atoms with Crippen LogP contribution in [0.4, 0.5) is 5.82 Å². The SMILES string of the molecule is Cc1cccc2c(N3CCCC(C(N)=O)C3)ncnc12. The van der Waals surface area contributed by atoms with Gasteiger partial charge in [0.1, 0.15) is 12.1 Å². The molecule has 1 aromatic carbocycles. The van der Waals surface area contributed by atoms with Crippen LogP contribution in [-0.4, -0.2) is 29.0 Å². The largest absolute Gasteiger partial charge is 0.369 e. The molecular formula is C15H18N4O. The van der Waals surface area contributed by atoms with Crippen molar-refractivity contribution in [3.05, 3.63) is 30.1 Å². The number of carbonyl (C=O) groups excluding carboxylic acids is 1. The van der Waals surface area contributed by atoms with Gasteiger partial charge in [0.25, 0.3) is 0 Å². The lowest BCUT2D eigenvalue weighted by Crippen LogP contribution is -2.41. The molecule has 0 spiro atoms. The number of rotatable bonds is 2. The number of primary amides is 1. The van der Waals surface area contributed by atoms with Gasteiger partial charge in [-0.25, -0.2) is 9.97 Å². The Bertz CT molecular complexity index is 655. The van der Waals surface area contributed by atoms with E-state index < -0.39 is 0 Å². The van der Waals surface area contributed by atoms with Crippen molar-refractivity contribution in [3.63, 3.8) is 0 Å². The maximum atomic E-state index is 11.4.